The lowest BCUT2D eigenvalue weighted by Crippen LogP contribution is -1.93. The van der Waals surface area contributed by atoms with E-state index in [1.165, 1.54) is 0 Å². The third-order valence-corrected chi connectivity index (χ3v) is 1.52. The number of alkyl halides is 1. The Bertz CT molecular complexity index is 104. The first-order valence-corrected chi connectivity index (χ1v) is 4.05. The molecule has 0 spiro atoms. The van der Waals surface area contributed by atoms with Crippen molar-refractivity contribution in [1.82, 2.24) is 0 Å². The fourth-order valence-electron chi connectivity index (χ4n) is 0.901. The quantitative estimate of drug-likeness (QED) is 0.582. The summed E-state index contributed by atoms with van der Waals surface area (Å²) < 4.78 is 11.5. The van der Waals surface area contributed by atoms with Crippen LogP contribution in [0.15, 0.2) is 0 Å². The van der Waals surface area contributed by atoms with Gasteiger partial charge in [-0.3, -0.25) is 9.18 Å². The van der Waals surface area contributed by atoms with Gasteiger partial charge in [0.15, 0.2) is 0 Å². The maximum absolute atomic E-state index is 11.5. The van der Waals surface area contributed by atoms with Crippen molar-refractivity contribution in [1.29, 1.82) is 0 Å². The summed E-state index contributed by atoms with van der Waals surface area (Å²) in [6.07, 6.45) is 4.34. The van der Waals surface area contributed by atoms with Gasteiger partial charge in [-0.2, -0.15) is 0 Å². The van der Waals surface area contributed by atoms with E-state index in [4.69, 9.17) is 5.11 Å². The number of aliphatic carboxylic acids is 1. The third-order valence-electron chi connectivity index (χ3n) is 1.52. The molecule has 0 radical (unpaired) electrons. The highest BCUT2D eigenvalue weighted by Gasteiger charge is 1.95. The van der Waals surface area contributed by atoms with Crippen molar-refractivity contribution in [2.75, 3.05) is 6.67 Å². The zero-order chi connectivity index (χ0) is 8.53. The van der Waals surface area contributed by atoms with Gasteiger partial charge in [0, 0.05) is 6.42 Å². The molecule has 1 N–H and O–H groups in total. The second-order valence-electron chi connectivity index (χ2n) is 2.60. The van der Waals surface area contributed by atoms with Crippen molar-refractivity contribution in [3.63, 3.8) is 0 Å². The van der Waals surface area contributed by atoms with E-state index in [-0.39, 0.29) is 13.1 Å². The van der Waals surface area contributed by atoms with Crippen LogP contribution in [-0.2, 0) is 4.79 Å². The minimum absolute atomic E-state index is 0.246. The maximum Gasteiger partial charge on any atom is 0.303 e. The summed E-state index contributed by atoms with van der Waals surface area (Å²) in [6, 6.07) is 0. The monoisotopic (exact) mass is 161 g/mol. The van der Waals surface area contributed by atoms with Gasteiger partial charge < -0.3 is 5.11 Å². The third kappa shape index (κ3) is 9.40. The van der Waals surface area contributed by atoms with Crippen molar-refractivity contribution >= 4 is 5.97 Å². The standard InChI is InChI=1S/C8H15FO2/c9-7-5-3-1-2-4-6-8(10)11/h1-7H2,(H,10,11)/i9-1. The van der Waals surface area contributed by atoms with E-state index in [1.54, 1.807) is 0 Å². The van der Waals surface area contributed by atoms with Crippen molar-refractivity contribution in [2.45, 2.75) is 38.5 Å². The summed E-state index contributed by atoms with van der Waals surface area (Å²) in [5.41, 5.74) is 0. The van der Waals surface area contributed by atoms with Crippen molar-refractivity contribution < 1.29 is 14.3 Å². The van der Waals surface area contributed by atoms with Crippen molar-refractivity contribution in [3.8, 4) is 0 Å². The summed E-state index contributed by atoms with van der Waals surface area (Å²) in [7, 11) is 0. The predicted molar refractivity (Wildman–Crippen MR) is 41.3 cm³/mol. The number of carboxylic acids is 1. The van der Waals surface area contributed by atoms with E-state index in [2.05, 4.69) is 0 Å². The number of carboxylic acid groups (broad SMARTS) is 1. The molecule has 11 heavy (non-hydrogen) atoms. The Morgan fingerprint density at radius 3 is 2.18 bits per heavy atom. The van der Waals surface area contributed by atoms with Crippen LogP contribution in [0.3, 0.4) is 0 Å². The molecule has 2 nitrogen and oxygen atoms in total. The normalized spacial score (nSPS) is 9.91. The molecule has 0 heterocycles. The van der Waals surface area contributed by atoms with E-state index < -0.39 is 5.97 Å². The van der Waals surface area contributed by atoms with Crippen LogP contribution in [0.4, 0.5) is 4.39 Å². The number of halogens is 1. The van der Waals surface area contributed by atoms with Gasteiger partial charge >= 0.3 is 5.97 Å². The maximum atomic E-state index is 11.5. The zero-order valence-electron chi connectivity index (χ0n) is 6.68. The van der Waals surface area contributed by atoms with E-state index >= 15 is 0 Å². The largest absolute Gasteiger partial charge is 0.481 e. The molecule has 0 aliphatic rings. The molecule has 0 fully saturated rings. The molecular weight excluding hydrogens is 146 g/mol. The molecule has 0 unspecified atom stereocenters. The molecule has 0 aromatic carbocycles. The summed E-state index contributed by atoms with van der Waals surface area (Å²) in [5.74, 6) is -0.740. The topological polar surface area (TPSA) is 37.3 Å². The summed E-state index contributed by atoms with van der Waals surface area (Å²) >= 11 is 0. The second-order valence-corrected chi connectivity index (χ2v) is 2.60. The Kier molecular flexibility index (Phi) is 7.10. The van der Waals surface area contributed by atoms with Crippen LogP contribution in [0.25, 0.3) is 0 Å². The van der Waals surface area contributed by atoms with E-state index in [9.17, 15) is 9.18 Å². The molecule has 0 aliphatic heterocycles. The van der Waals surface area contributed by atoms with E-state index in [0.29, 0.717) is 6.42 Å². The minimum Gasteiger partial charge on any atom is -0.481 e. The molecule has 0 rings (SSSR count). The molecule has 0 amide bonds. The molecule has 0 atom stereocenters. The second kappa shape index (κ2) is 7.51. The van der Waals surface area contributed by atoms with Gasteiger partial charge in [0.25, 0.3) is 0 Å². The molecule has 3 heteroatoms. The van der Waals surface area contributed by atoms with Gasteiger partial charge in [0.1, 0.15) is 0 Å². The molecular formula is C8H15FO2. The molecule has 0 aliphatic carbocycles. The summed E-state index contributed by atoms with van der Waals surface area (Å²) in [5, 5.41) is 8.26. The van der Waals surface area contributed by atoms with E-state index in [0.717, 1.165) is 25.7 Å². The van der Waals surface area contributed by atoms with Crippen LogP contribution < -0.4 is 0 Å². The van der Waals surface area contributed by atoms with Crippen LogP contribution in [-0.4, -0.2) is 17.8 Å². The van der Waals surface area contributed by atoms with Gasteiger partial charge in [-0.05, 0) is 12.8 Å². The minimum atomic E-state index is -0.740. The van der Waals surface area contributed by atoms with Crippen molar-refractivity contribution in [3.05, 3.63) is 0 Å². The van der Waals surface area contributed by atoms with Gasteiger partial charge in [-0.1, -0.05) is 19.3 Å². The Labute approximate surface area is 66.4 Å². The average molecular weight is 161 g/mol. The van der Waals surface area contributed by atoms with Crippen LogP contribution in [0.2, 0.25) is 0 Å². The van der Waals surface area contributed by atoms with Crippen LogP contribution in [0.5, 0.6) is 0 Å². The Hall–Kier alpha value is -0.600. The van der Waals surface area contributed by atoms with Crippen LogP contribution >= 0.6 is 0 Å². The Morgan fingerprint density at radius 1 is 1.09 bits per heavy atom. The van der Waals surface area contributed by atoms with E-state index in [1.807, 2.05) is 0 Å². The number of carbonyl (C=O) groups is 1. The van der Waals surface area contributed by atoms with Crippen LogP contribution in [0, 0.1) is 0 Å². The molecule has 0 bridgehead atoms. The number of unbranched alkanes of at least 4 members (excludes halogenated alkanes) is 4. The average Bonchev–Trinajstić information content (AvgIpc) is 1.96. The summed E-state index contributed by atoms with van der Waals surface area (Å²) in [6.45, 7) is -0.251. The first-order chi connectivity index (χ1) is 5.27. The molecule has 0 saturated carbocycles. The fraction of sp³-hybridized carbons (Fsp3) is 0.875. The van der Waals surface area contributed by atoms with Crippen LogP contribution in [0.1, 0.15) is 38.5 Å². The highest BCUT2D eigenvalue weighted by molar-refractivity contribution is 5.66. The zero-order valence-corrected chi connectivity index (χ0v) is 6.68. The SMILES string of the molecule is O=C(O)CCCCCCC[18F]. The first kappa shape index (κ1) is 10.4. The molecule has 0 aromatic rings. The van der Waals surface area contributed by atoms with Gasteiger partial charge in [-0.25, -0.2) is 0 Å². The van der Waals surface area contributed by atoms with Gasteiger partial charge in [-0.15, -0.1) is 0 Å². The molecule has 0 saturated heterocycles. The number of hydrogen-bond acceptors (Lipinski definition) is 1. The highest BCUT2D eigenvalue weighted by Crippen LogP contribution is 2.04. The lowest BCUT2D eigenvalue weighted by molar-refractivity contribution is -0.137. The summed E-state index contributed by atoms with van der Waals surface area (Å²) in [4.78, 5) is 10.0. The lowest BCUT2D eigenvalue weighted by Gasteiger charge is -1.96. The first-order valence-electron chi connectivity index (χ1n) is 4.05. The Balaban J connectivity index is 2.85. The highest BCUT2D eigenvalue weighted by atomic mass is 18.2. The lowest BCUT2D eigenvalue weighted by atomic mass is 10.1. The van der Waals surface area contributed by atoms with Gasteiger partial charge in [0.2, 0.25) is 0 Å². The van der Waals surface area contributed by atoms with Crippen molar-refractivity contribution in [2.24, 2.45) is 0 Å². The number of hydrogen-bond donors (Lipinski definition) is 1. The molecule has 66 valence electrons. The predicted octanol–water partition coefficient (Wildman–Crippen LogP) is 2.38. The molecule has 0 aromatic heterocycles. The fourth-order valence-corrected chi connectivity index (χ4v) is 0.901. The number of rotatable bonds is 7. The smallest absolute Gasteiger partial charge is 0.303 e. The van der Waals surface area contributed by atoms with Gasteiger partial charge in [0.05, 0.1) is 6.67 Å². The Morgan fingerprint density at radius 2 is 1.64 bits per heavy atom.